The summed E-state index contributed by atoms with van der Waals surface area (Å²) in [6, 6.07) is 15.1. The summed E-state index contributed by atoms with van der Waals surface area (Å²) in [6.45, 7) is 3.10. The molecule has 31 heavy (non-hydrogen) atoms. The first-order valence-corrected chi connectivity index (χ1v) is 10.7. The predicted molar refractivity (Wildman–Crippen MR) is 121 cm³/mol. The summed E-state index contributed by atoms with van der Waals surface area (Å²) >= 11 is 6.34. The summed E-state index contributed by atoms with van der Waals surface area (Å²) in [7, 11) is 3.30. The lowest BCUT2D eigenvalue weighted by atomic mass is 10.1. The fourth-order valence-electron chi connectivity index (χ4n) is 3.18. The lowest BCUT2D eigenvalue weighted by Gasteiger charge is -2.19. The third-order valence-electron chi connectivity index (χ3n) is 4.82. The minimum atomic E-state index is -0.134. The van der Waals surface area contributed by atoms with Gasteiger partial charge in [-0.25, -0.2) is 0 Å². The number of methoxy groups -OCH3 is 1. The molecule has 0 saturated carbocycles. The Hall–Kier alpha value is -2.99. The second-order valence-electron chi connectivity index (χ2n) is 7.21. The summed E-state index contributed by atoms with van der Waals surface area (Å²) in [5, 5.41) is 4.49. The van der Waals surface area contributed by atoms with Crippen LogP contribution in [0.2, 0.25) is 5.02 Å². The second kappa shape index (κ2) is 10.9. The molecule has 6 nitrogen and oxygen atoms in total. The predicted octanol–water partition coefficient (Wildman–Crippen LogP) is 5.50. The van der Waals surface area contributed by atoms with E-state index >= 15 is 0 Å². The molecule has 3 aromatic rings. The Bertz CT molecular complexity index is 1000. The normalized spacial score (nSPS) is 10.7. The third kappa shape index (κ3) is 5.79. The quantitative estimate of drug-likeness (QED) is 0.415. The summed E-state index contributed by atoms with van der Waals surface area (Å²) in [4.78, 5) is 14.5. The van der Waals surface area contributed by atoms with Crippen molar-refractivity contribution in [1.29, 1.82) is 0 Å². The number of aromatic nitrogens is 1. The van der Waals surface area contributed by atoms with Gasteiger partial charge in [0.25, 0.3) is 5.91 Å². The van der Waals surface area contributed by atoms with Crippen molar-refractivity contribution in [3.05, 3.63) is 64.9 Å². The molecule has 0 saturated heterocycles. The van der Waals surface area contributed by atoms with E-state index in [4.69, 9.17) is 25.6 Å². The Morgan fingerprint density at radius 1 is 1.19 bits per heavy atom. The van der Waals surface area contributed by atoms with Crippen molar-refractivity contribution in [3.8, 4) is 22.8 Å². The number of carbonyl (C=O) groups is 1. The van der Waals surface area contributed by atoms with Crippen molar-refractivity contribution in [2.45, 2.75) is 26.2 Å². The Morgan fingerprint density at radius 3 is 2.68 bits per heavy atom. The number of benzene rings is 2. The maximum atomic E-state index is 12.9. The van der Waals surface area contributed by atoms with Crippen LogP contribution in [0.4, 0.5) is 0 Å². The molecule has 0 bridgehead atoms. The molecule has 0 unspecified atom stereocenters. The van der Waals surface area contributed by atoms with Gasteiger partial charge in [0, 0.05) is 37.2 Å². The van der Waals surface area contributed by atoms with Crippen LogP contribution >= 0.6 is 11.6 Å². The topological polar surface area (TPSA) is 64.8 Å². The number of ether oxygens (including phenoxy) is 2. The van der Waals surface area contributed by atoms with E-state index in [1.165, 1.54) is 7.11 Å². The largest absolute Gasteiger partial charge is 0.493 e. The first-order valence-electron chi connectivity index (χ1n) is 10.3. The zero-order chi connectivity index (χ0) is 22.2. The molecule has 0 spiro atoms. The summed E-state index contributed by atoms with van der Waals surface area (Å²) in [5.41, 5.74) is 2.29. The van der Waals surface area contributed by atoms with Crippen LogP contribution in [0.25, 0.3) is 11.3 Å². The highest BCUT2D eigenvalue weighted by Gasteiger charge is 2.18. The lowest BCUT2D eigenvalue weighted by molar-refractivity contribution is 0.0792. The highest BCUT2D eigenvalue weighted by molar-refractivity contribution is 6.32. The molecule has 0 N–H and O–H groups in total. The van der Waals surface area contributed by atoms with E-state index in [-0.39, 0.29) is 5.91 Å². The fourth-order valence-corrected chi connectivity index (χ4v) is 3.44. The Labute approximate surface area is 187 Å². The van der Waals surface area contributed by atoms with Crippen molar-refractivity contribution >= 4 is 17.5 Å². The van der Waals surface area contributed by atoms with Crippen LogP contribution in [-0.2, 0) is 6.42 Å². The van der Waals surface area contributed by atoms with Crippen LogP contribution < -0.4 is 9.47 Å². The van der Waals surface area contributed by atoms with Crippen molar-refractivity contribution < 1.29 is 18.8 Å². The summed E-state index contributed by atoms with van der Waals surface area (Å²) in [6.07, 6.45) is 2.28. The first kappa shape index (κ1) is 22.7. The minimum Gasteiger partial charge on any atom is -0.493 e. The Morgan fingerprint density at radius 2 is 1.97 bits per heavy atom. The number of hydrogen-bond acceptors (Lipinski definition) is 5. The molecule has 0 atom stereocenters. The molecule has 0 fully saturated rings. The molecule has 0 aliphatic rings. The van der Waals surface area contributed by atoms with Crippen LogP contribution in [0.1, 0.15) is 35.9 Å². The molecular formula is C24H27ClN2O4. The van der Waals surface area contributed by atoms with Gasteiger partial charge in [0.05, 0.1) is 18.7 Å². The molecule has 3 rings (SSSR count). The van der Waals surface area contributed by atoms with Gasteiger partial charge >= 0.3 is 0 Å². The van der Waals surface area contributed by atoms with Crippen LogP contribution in [0.3, 0.4) is 0 Å². The molecule has 1 amide bonds. The number of halogens is 1. The highest BCUT2D eigenvalue weighted by atomic mass is 35.5. The molecule has 7 heteroatoms. The minimum absolute atomic E-state index is 0.134. The molecule has 0 aliphatic carbocycles. The molecular weight excluding hydrogens is 416 g/mol. The summed E-state index contributed by atoms with van der Waals surface area (Å²) < 4.78 is 16.5. The van der Waals surface area contributed by atoms with E-state index in [2.05, 4.69) is 5.16 Å². The zero-order valence-corrected chi connectivity index (χ0v) is 18.8. The van der Waals surface area contributed by atoms with E-state index in [1.54, 1.807) is 24.1 Å². The maximum Gasteiger partial charge on any atom is 0.253 e. The van der Waals surface area contributed by atoms with Gasteiger partial charge in [-0.3, -0.25) is 4.79 Å². The number of amides is 1. The van der Waals surface area contributed by atoms with Gasteiger partial charge in [0.1, 0.15) is 11.5 Å². The van der Waals surface area contributed by atoms with Crippen molar-refractivity contribution in [2.75, 3.05) is 27.3 Å². The van der Waals surface area contributed by atoms with Crippen LogP contribution in [0.15, 0.2) is 53.1 Å². The smallest absolute Gasteiger partial charge is 0.253 e. The molecule has 164 valence electrons. The van der Waals surface area contributed by atoms with E-state index in [0.717, 1.165) is 29.9 Å². The number of rotatable bonds is 10. The number of carbonyl (C=O) groups excluding carboxylic acids is 1. The molecule has 0 aliphatic heterocycles. The number of nitrogens with zero attached hydrogens (tertiary/aromatic N) is 2. The van der Waals surface area contributed by atoms with Gasteiger partial charge in [-0.05, 0) is 25.0 Å². The van der Waals surface area contributed by atoms with Crippen LogP contribution in [0.5, 0.6) is 11.5 Å². The SMILES string of the molecule is CCCOc1c(Cl)cc(C(=O)N(C)CCCc2cc(-c3ccccc3)no2)cc1OC. The van der Waals surface area contributed by atoms with Gasteiger partial charge in [-0.15, -0.1) is 0 Å². The second-order valence-corrected chi connectivity index (χ2v) is 7.62. The monoisotopic (exact) mass is 442 g/mol. The first-order chi connectivity index (χ1) is 15.0. The van der Waals surface area contributed by atoms with Gasteiger partial charge in [-0.2, -0.15) is 0 Å². The fraction of sp³-hybridized carbons (Fsp3) is 0.333. The van der Waals surface area contributed by atoms with Crippen LogP contribution in [-0.4, -0.2) is 43.3 Å². The van der Waals surface area contributed by atoms with Gasteiger partial charge in [0.15, 0.2) is 11.5 Å². The van der Waals surface area contributed by atoms with E-state index in [1.807, 2.05) is 43.3 Å². The van der Waals surface area contributed by atoms with Gasteiger partial charge < -0.3 is 18.9 Å². The molecule has 2 aromatic carbocycles. The third-order valence-corrected chi connectivity index (χ3v) is 5.10. The Balaban J connectivity index is 1.58. The Kier molecular flexibility index (Phi) is 7.95. The van der Waals surface area contributed by atoms with Crippen molar-refractivity contribution in [3.63, 3.8) is 0 Å². The van der Waals surface area contributed by atoms with E-state index in [0.29, 0.717) is 41.7 Å². The molecule has 1 heterocycles. The van der Waals surface area contributed by atoms with E-state index in [9.17, 15) is 4.79 Å². The van der Waals surface area contributed by atoms with Gasteiger partial charge in [-0.1, -0.05) is 54.0 Å². The molecule has 1 aromatic heterocycles. The standard InChI is InChI=1S/C24H27ClN2O4/c1-4-13-30-23-20(25)14-18(15-22(23)29-3)24(28)27(2)12-8-11-19-16-21(26-31-19)17-9-6-5-7-10-17/h5-7,9-10,14-16H,4,8,11-13H2,1-3H3. The van der Waals surface area contributed by atoms with E-state index < -0.39 is 0 Å². The number of hydrogen-bond donors (Lipinski definition) is 0. The molecule has 0 radical (unpaired) electrons. The average Bonchev–Trinajstić information content (AvgIpc) is 3.26. The highest BCUT2D eigenvalue weighted by Crippen LogP contribution is 2.36. The zero-order valence-electron chi connectivity index (χ0n) is 18.1. The average molecular weight is 443 g/mol. The van der Waals surface area contributed by atoms with Crippen LogP contribution in [0, 0.1) is 0 Å². The number of aryl methyl sites for hydroxylation is 1. The van der Waals surface area contributed by atoms with Gasteiger partial charge in [0.2, 0.25) is 0 Å². The lowest BCUT2D eigenvalue weighted by Crippen LogP contribution is -2.28. The van der Waals surface area contributed by atoms with Crippen molar-refractivity contribution in [2.24, 2.45) is 0 Å². The summed E-state index contributed by atoms with van der Waals surface area (Å²) in [5.74, 6) is 1.57. The van der Waals surface area contributed by atoms with Crippen molar-refractivity contribution in [1.82, 2.24) is 10.1 Å². The maximum absolute atomic E-state index is 12.9.